The van der Waals surface area contributed by atoms with E-state index in [4.69, 9.17) is 17.0 Å². The number of ether oxygens (including phenoxy) is 1. The van der Waals surface area contributed by atoms with Crippen molar-refractivity contribution in [1.29, 1.82) is 0 Å². The standard InChI is InChI=1S/C19H24N2OS/c1-5-21(4)19(23)12-16-10-11-18(20-15(16)3)22-13-17-9-7-6-8-14(17)2/h6-11H,5,12-13H2,1-4H3. The molecule has 2 aromatic rings. The summed E-state index contributed by atoms with van der Waals surface area (Å²) in [5.74, 6) is 0.657. The molecular weight excluding hydrogens is 304 g/mol. The molecule has 0 unspecified atom stereocenters. The molecule has 0 fully saturated rings. The van der Waals surface area contributed by atoms with Crippen LogP contribution in [0.25, 0.3) is 0 Å². The minimum atomic E-state index is 0.537. The van der Waals surface area contributed by atoms with Gasteiger partial charge in [0.05, 0.1) is 4.99 Å². The minimum Gasteiger partial charge on any atom is -0.473 e. The van der Waals surface area contributed by atoms with E-state index in [0.29, 0.717) is 12.5 Å². The quantitative estimate of drug-likeness (QED) is 0.746. The molecule has 4 heteroatoms. The summed E-state index contributed by atoms with van der Waals surface area (Å²) in [6, 6.07) is 12.2. The Balaban J connectivity index is 2.02. The van der Waals surface area contributed by atoms with Crippen molar-refractivity contribution in [2.75, 3.05) is 13.6 Å². The molecule has 0 aliphatic carbocycles. The summed E-state index contributed by atoms with van der Waals surface area (Å²) < 4.78 is 5.83. The molecule has 0 saturated carbocycles. The van der Waals surface area contributed by atoms with Crippen molar-refractivity contribution in [3.8, 4) is 5.88 Å². The highest BCUT2D eigenvalue weighted by molar-refractivity contribution is 7.80. The molecule has 1 aromatic heterocycles. The van der Waals surface area contributed by atoms with Crippen molar-refractivity contribution >= 4 is 17.2 Å². The molecule has 0 amide bonds. The maximum atomic E-state index is 5.83. The predicted molar refractivity (Wildman–Crippen MR) is 99.1 cm³/mol. The molecule has 0 saturated heterocycles. The molecule has 0 bridgehead atoms. The summed E-state index contributed by atoms with van der Waals surface area (Å²) >= 11 is 5.45. The van der Waals surface area contributed by atoms with Gasteiger partial charge in [-0.15, -0.1) is 0 Å². The van der Waals surface area contributed by atoms with Gasteiger partial charge in [0, 0.05) is 31.8 Å². The highest BCUT2D eigenvalue weighted by atomic mass is 32.1. The molecule has 0 N–H and O–H groups in total. The molecule has 3 nitrogen and oxygen atoms in total. The smallest absolute Gasteiger partial charge is 0.213 e. The van der Waals surface area contributed by atoms with Crippen molar-refractivity contribution in [3.63, 3.8) is 0 Å². The van der Waals surface area contributed by atoms with Gasteiger partial charge in [0.1, 0.15) is 6.61 Å². The van der Waals surface area contributed by atoms with E-state index in [1.165, 1.54) is 11.1 Å². The van der Waals surface area contributed by atoms with Gasteiger partial charge in [-0.2, -0.15) is 0 Å². The van der Waals surface area contributed by atoms with Crippen molar-refractivity contribution in [3.05, 3.63) is 58.8 Å². The summed E-state index contributed by atoms with van der Waals surface area (Å²) in [7, 11) is 2.02. The summed E-state index contributed by atoms with van der Waals surface area (Å²) in [5, 5.41) is 0. The number of aromatic nitrogens is 1. The fourth-order valence-corrected chi connectivity index (χ4v) is 2.52. The van der Waals surface area contributed by atoms with Crippen LogP contribution in [0.3, 0.4) is 0 Å². The third kappa shape index (κ3) is 4.76. The number of likely N-dealkylation sites (N-methyl/N-ethyl adjacent to an activating group) is 1. The lowest BCUT2D eigenvalue weighted by Gasteiger charge is -2.18. The lowest BCUT2D eigenvalue weighted by molar-refractivity contribution is 0.292. The van der Waals surface area contributed by atoms with Crippen LogP contribution >= 0.6 is 12.2 Å². The Morgan fingerprint density at radius 1 is 1.13 bits per heavy atom. The summed E-state index contributed by atoms with van der Waals surface area (Å²) in [4.78, 5) is 7.57. The second kappa shape index (κ2) is 8.06. The van der Waals surface area contributed by atoms with Crippen LogP contribution in [0, 0.1) is 13.8 Å². The van der Waals surface area contributed by atoms with Crippen LogP contribution in [0.5, 0.6) is 5.88 Å². The second-order valence-electron chi connectivity index (χ2n) is 5.69. The largest absolute Gasteiger partial charge is 0.473 e. The van der Waals surface area contributed by atoms with Gasteiger partial charge in [0.15, 0.2) is 0 Å². The molecule has 1 aromatic carbocycles. The number of aryl methyl sites for hydroxylation is 2. The van der Waals surface area contributed by atoms with Gasteiger partial charge in [-0.05, 0) is 37.5 Å². The Labute approximate surface area is 144 Å². The fraction of sp³-hybridized carbons (Fsp3) is 0.368. The fourth-order valence-electron chi connectivity index (χ4n) is 2.23. The number of pyridine rings is 1. The lowest BCUT2D eigenvalue weighted by atomic mass is 10.1. The molecule has 0 aliphatic rings. The Morgan fingerprint density at radius 3 is 2.52 bits per heavy atom. The van der Waals surface area contributed by atoms with E-state index in [0.717, 1.165) is 29.2 Å². The molecule has 23 heavy (non-hydrogen) atoms. The zero-order valence-electron chi connectivity index (χ0n) is 14.3. The van der Waals surface area contributed by atoms with Crippen LogP contribution in [0.15, 0.2) is 36.4 Å². The van der Waals surface area contributed by atoms with Gasteiger partial charge in [-0.3, -0.25) is 0 Å². The Kier molecular flexibility index (Phi) is 6.11. The molecule has 0 aliphatic heterocycles. The van der Waals surface area contributed by atoms with E-state index in [-0.39, 0.29) is 0 Å². The van der Waals surface area contributed by atoms with Crippen molar-refractivity contribution in [2.45, 2.75) is 33.8 Å². The first-order chi connectivity index (χ1) is 11.0. The van der Waals surface area contributed by atoms with Gasteiger partial charge in [-0.1, -0.05) is 42.5 Å². The summed E-state index contributed by atoms with van der Waals surface area (Å²) in [6.45, 7) is 7.65. The van der Waals surface area contributed by atoms with Gasteiger partial charge in [0.25, 0.3) is 0 Å². The van der Waals surface area contributed by atoms with Crippen molar-refractivity contribution in [1.82, 2.24) is 9.88 Å². The SMILES string of the molecule is CCN(C)C(=S)Cc1ccc(OCc2ccccc2C)nc1C. The van der Waals surface area contributed by atoms with Crippen LogP contribution < -0.4 is 4.74 Å². The van der Waals surface area contributed by atoms with E-state index < -0.39 is 0 Å². The van der Waals surface area contributed by atoms with Gasteiger partial charge in [-0.25, -0.2) is 4.98 Å². The average Bonchev–Trinajstić information content (AvgIpc) is 2.55. The molecule has 2 rings (SSSR count). The summed E-state index contributed by atoms with van der Waals surface area (Å²) in [5.41, 5.74) is 4.54. The van der Waals surface area contributed by atoms with Crippen molar-refractivity contribution in [2.24, 2.45) is 0 Å². The second-order valence-corrected chi connectivity index (χ2v) is 6.17. The summed E-state index contributed by atoms with van der Waals surface area (Å²) in [6.07, 6.45) is 0.747. The predicted octanol–water partition coefficient (Wildman–Crippen LogP) is 4.10. The molecule has 0 spiro atoms. The number of hydrogen-bond acceptors (Lipinski definition) is 3. The monoisotopic (exact) mass is 328 g/mol. The first-order valence-corrected chi connectivity index (χ1v) is 8.30. The third-order valence-electron chi connectivity index (χ3n) is 4.05. The van der Waals surface area contributed by atoms with Crippen LogP contribution in [-0.4, -0.2) is 28.5 Å². The van der Waals surface area contributed by atoms with Crippen molar-refractivity contribution < 1.29 is 4.74 Å². The van der Waals surface area contributed by atoms with Gasteiger partial charge in [0.2, 0.25) is 5.88 Å². The molecule has 122 valence electrons. The average molecular weight is 328 g/mol. The Hall–Kier alpha value is -1.94. The Morgan fingerprint density at radius 2 is 1.87 bits per heavy atom. The zero-order valence-corrected chi connectivity index (χ0v) is 15.1. The minimum absolute atomic E-state index is 0.537. The van der Waals surface area contributed by atoms with E-state index in [1.807, 2.05) is 32.2 Å². The van der Waals surface area contributed by atoms with E-state index in [2.05, 4.69) is 41.9 Å². The molecular formula is C19H24N2OS. The first kappa shape index (κ1) is 17.4. The van der Waals surface area contributed by atoms with Crippen LogP contribution in [0.1, 0.15) is 29.3 Å². The third-order valence-corrected chi connectivity index (χ3v) is 4.50. The van der Waals surface area contributed by atoms with Gasteiger partial charge < -0.3 is 9.64 Å². The topological polar surface area (TPSA) is 25.4 Å². The van der Waals surface area contributed by atoms with Gasteiger partial charge >= 0.3 is 0 Å². The lowest BCUT2D eigenvalue weighted by Crippen LogP contribution is -2.26. The maximum absolute atomic E-state index is 5.83. The highest BCUT2D eigenvalue weighted by Gasteiger charge is 2.08. The van der Waals surface area contributed by atoms with Crippen LogP contribution in [-0.2, 0) is 13.0 Å². The molecule has 1 heterocycles. The number of nitrogens with zero attached hydrogens (tertiary/aromatic N) is 2. The first-order valence-electron chi connectivity index (χ1n) is 7.89. The van der Waals surface area contributed by atoms with Crippen LogP contribution in [0.2, 0.25) is 0 Å². The number of hydrogen-bond donors (Lipinski definition) is 0. The maximum Gasteiger partial charge on any atom is 0.213 e. The highest BCUT2D eigenvalue weighted by Crippen LogP contribution is 2.16. The van der Waals surface area contributed by atoms with E-state index in [9.17, 15) is 0 Å². The molecule has 0 atom stereocenters. The van der Waals surface area contributed by atoms with E-state index >= 15 is 0 Å². The molecule has 0 radical (unpaired) electrons. The Bertz CT molecular complexity index is 685. The number of rotatable bonds is 6. The number of thiocarbonyl (C=S) groups is 1. The van der Waals surface area contributed by atoms with E-state index in [1.54, 1.807) is 0 Å². The number of benzene rings is 1. The van der Waals surface area contributed by atoms with Crippen LogP contribution in [0.4, 0.5) is 0 Å². The normalized spacial score (nSPS) is 10.4. The zero-order chi connectivity index (χ0) is 16.8.